The molecule has 0 radical (unpaired) electrons. The van der Waals surface area contributed by atoms with Gasteiger partial charge in [-0.1, -0.05) is 20.8 Å². The first-order valence-corrected chi connectivity index (χ1v) is 6.98. The van der Waals surface area contributed by atoms with Crippen LogP contribution in [0.4, 0.5) is 5.82 Å². The molecule has 0 aromatic carbocycles. The van der Waals surface area contributed by atoms with Crippen molar-refractivity contribution in [3.8, 4) is 0 Å². The molecule has 1 rings (SSSR count). The third-order valence-corrected chi connectivity index (χ3v) is 3.00. The zero-order chi connectivity index (χ0) is 16.0. The molecule has 0 bridgehead atoms. The lowest BCUT2D eigenvalue weighted by molar-refractivity contribution is -0.118. The van der Waals surface area contributed by atoms with E-state index in [1.165, 1.54) is 6.07 Å². The van der Waals surface area contributed by atoms with E-state index < -0.39 is 5.97 Å². The summed E-state index contributed by atoms with van der Waals surface area (Å²) in [6, 6.07) is 3.12. The standard InChI is InChI=1S/C15H23N3O3/c1-15(2,3)11-8-10(14(20)21)9-13(18-11)17-7-5-4-6-12(16)19/h8-9H,4-7H2,1-3H3,(H2,16,19)(H,17,18)(H,20,21). The highest BCUT2D eigenvalue weighted by Gasteiger charge is 2.19. The first-order chi connectivity index (χ1) is 9.70. The molecule has 6 heteroatoms. The predicted molar refractivity (Wildman–Crippen MR) is 81.4 cm³/mol. The number of hydrogen-bond donors (Lipinski definition) is 3. The second-order valence-electron chi connectivity index (χ2n) is 6.03. The first kappa shape index (κ1) is 16.9. The van der Waals surface area contributed by atoms with Gasteiger partial charge in [0.1, 0.15) is 5.82 Å². The third kappa shape index (κ3) is 5.81. The number of nitrogens with zero attached hydrogens (tertiary/aromatic N) is 1. The van der Waals surface area contributed by atoms with E-state index in [-0.39, 0.29) is 16.9 Å². The molecule has 1 aromatic rings. The molecule has 6 nitrogen and oxygen atoms in total. The number of amides is 1. The summed E-state index contributed by atoms with van der Waals surface area (Å²) in [7, 11) is 0. The van der Waals surface area contributed by atoms with E-state index in [2.05, 4.69) is 10.3 Å². The van der Waals surface area contributed by atoms with Crippen LogP contribution in [0, 0.1) is 0 Å². The van der Waals surface area contributed by atoms with E-state index in [4.69, 9.17) is 10.8 Å². The normalized spacial score (nSPS) is 11.2. The largest absolute Gasteiger partial charge is 0.478 e. The van der Waals surface area contributed by atoms with Crippen molar-refractivity contribution >= 4 is 17.7 Å². The van der Waals surface area contributed by atoms with Gasteiger partial charge in [0.05, 0.1) is 5.56 Å². The summed E-state index contributed by atoms with van der Waals surface area (Å²) in [6.07, 6.45) is 1.83. The van der Waals surface area contributed by atoms with E-state index in [0.29, 0.717) is 25.2 Å². The van der Waals surface area contributed by atoms with E-state index in [1.807, 2.05) is 20.8 Å². The van der Waals surface area contributed by atoms with Gasteiger partial charge >= 0.3 is 5.97 Å². The van der Waals surface area contributed by atoms with Crippen LogP contribution in [0.2, 0.25) is 0 Å². The Bertz CT molecular complexity index is 521. The van der Waals surface area contributed by atoms with Crippen molar-refractivity contribution < 1.29 is 14.7 Å². The van der Waals surface area contributed by atoms with Crippen LogP contribution in [-0.2, 0) is 10.2 Å². The number of nitrogens with two attached hydrogens (primary N) is 1. The second kappa shape index (κ2) is 7.06. The maximum Gasteiger partial charge on any atom is 0.335 e. The topological polar surface area (TPSA) is 105 Å². The van der Waals surface area contributed by atoms with Gasteiger partial charge in [0.25, 0.3) is 0 Å². The summed E-state index contributed by atoms with van der Waals surface area (Å²) in [6.45, 7) is 6.57. The summed E-state index contributed by atoms with van der Waals surface area (Å²) in [5.41, 5.74) is 5.78. The highest BCUT2D eigenvalue weighted by molar-refractivity contribution is 5.88. The Morgan fingerprint density at radius 1 is 1.29 bits per heavy atom. The van der Waals surface area contributed by atoms with Crippen molar-refractivity contribution in [3.05, 3.63) is 23.4 Å². The minimum atomic E-state index is -0.973. The molecule has 0 spiro atoms. The Morgan fingerprint density at radius 2 is 1.95 bits per heavy atom. The Morgan fingerprint density at radius 3 is 2.48 bits per heavy atom. The lowest BCUT2D eigenvalue weighted by Gasteiger charge is -2.19. The molecule has 0 aliphatic carbocycles. The van der Waals surface area contributed by atoms with Gasteiger partial charge in [-0.15, -0.1) is 0 Å². The summed E-state index contributed by atoms with van der Waals surface area (Å²) >= 11 is 0. The van der Waals surface area contributed by atoms with Crippen molar-refractivity contribution in [2.45, 2.75) is 45.4 Å². The summed E-state index contributed by atoms with van der Waals surface area (Å²) in [5.74, 6) is -0.741. The fourth-order valence-electron chi connectivity index (χ4n) is 1.77. The quantitative estimate of drug-likeness (QED) is 0.668. The minimum absolute atomic E-state index is 0.217. The van der Waals surface area contributed by atoms with E-state index in [0.717, 1.165) is 12.1 Å². The molecule has 1 heterocycles. The maximum absolute atomic E-state index is 11.2. The molecular weight excluding hydrogens is 270 g/mol. The second-order valence-corrected chi connectivity index (χ2v) is 6.03. The van der Waals surface area contributed by atoms with E-state index in [9.17, 15) is 9.59 Å². The van der Waals surface area contributed by atoms with Crippen LogP contribution in [0.1, 0.15) is 56.1 Å². The number of carboxylic acids is 1. The molecule has 0 saturated heterocycles. The third-order valence-electron chi connectivity index (χ3n) is 3.00. The zero-order valence-electron chi connectivity index (χ0n) is 12.8. The average Bonchev–Trinajstić information content (AvgIpc) is 2.36. The van der Waals surface area contributed by atoms with Gasteiger partial charge < -0.3 is 16.2 Å². The minimum Gasteiger partial charge on any atom is -0.478 e. The van der Waals surface area contributed by atoms with Crippen LogP contribution < -0.4 is 11.1 Å². The predicted octanol–water partition coefficient (Wildman–Crippen LogP) is 2.14. The molecule has 0 fully saturated rings. The van der Waals surface area contributed by atoms with Gasteiger partial charge in [-0.3, -0.25) is 4.79 Å². The SMILES string of the molecule is CC(C)(C)c1cc(C(=O)O)cc(NCCCCC(N)=O)n1. The summed E-state index contributed by atoms with van der Waals surface area (Å²) in [5, 5.41) is 12.3. The number of unbranched alkanes of at least 4 members (excludes halogenated alkanes) is 1. The smallest absolute Gasteiger partial charge is 0.335 e. The van der Waals surface area contributed by atoms with Gasteiger partial charge in [0, 0.05) is 24.1 Å². The number of rotatable bonds is 7. The van der Waals surface area contributed by atoms with E-state index in [1.54, 1.807) is 6.07 Å². The lowest BCUT2D eigenvalue weighted by Crippen LogP contribution is -2.17. The number of carbonyl (C=O) groups is 2. The number of carbonyl (C=O) groups excluding carboxylic acids is 1. The number of primary amides is 1. The van der Waals surface area contributed by atoms with Crippen molar-refractivity contribution in [2.24, 2.45) is 5.73 Å². The van der Waals surface area contributed by atoms with Crippen LogP contribution >= 0.6 is 0 Å². The maximum atomic E-state index is 11.2. The summed E-state index contributed by atoms with van der Waals surface area (Å²) < 4.78 is 0. The van der Waals surface area contributed by atoms with Gasteiger partial charge in [0.15, 0.2) is 0 Å². The van der Waals surface area contributed by atoms with Gasteiger partial charge in [0.2, 0.25) is 5.91 Å². The molecule has 0 unspecified atom stereocenters. The van der Waals surface area contributed by atoms with Crippen LogP contribution in [0.15, 0.2) is 12.1 Å². The number of carboxylic acid groups (broad SMARTS) is 1. The molecule has 0 atom stereocenters. The fourth-order valence-corrected chi connectivity index (χ4v) is 1.77. The monoisotopic (exact) mass is 293 g/mol. The van der Waals surface area contributed by atoms with Crippen LogP contribution in [-0.4, -0.2) is 28.5 Å². The Hall–Kier alpha value is -2.11. The molecule has 1 aromatic heterocycles. The molecule has 21 heavy (non-hydrogen) atoms. The Labute approximate surface area is 124 Å². The fraction of sp³-hybridized carbons (Fsp3) is 0.533. The number of aromatic carboxylic acids is 1. The van der Waals surface area contributed by atoms with Crippen molar-refractivity contribution in [3.63, 3.8) is 0 Å². The molecule has 116 valence electrons. The van der Waals surface area contributed by atoms with Crippen molar-refractivity contribution in [1.29, 1.82) is 0 Å². The van der Waals surface area contributed by atoms with Crippen molar-refractivity contribution in [2.75, 3.05) is 11.9 Å². The molecule has 4 N–H and O–H groups in total. The number of aromatic nitrogens is 1. The number of hydrogen-bond acceptors (Lipinski definition) is 4. The molecule has 0 aliphatic heterocycles. The molecular formula is C15H23N3O3. The first-order valence-electron chi connectivity index (χ1n) is 6.98. The van der Waals surface area contributed by atoms with E-state index >= 15 is 0 Å². The van der Waals surface area contributed by atoms with Gasteiger partial charge in [-0.25, -0.2) is 9.78 Å². The Balaban J connectivity index is 2.75. The lowest BCUT2D eigenvalue weighted by atomic mass is 9.91. The highest BCUT2D eigenvalue weighted by Crippen LogP contribution is 2.23. The van der Waals surface area contributed by atoms with Crippen LogP contribution in [0.5, 0.6) is 0 Å². The van der Waals surface area contributed by atoms with Crippen LogP contribution in [0.25, 0.3) is 0 Å². The molecule has 0 aliphatic rings. The number of anilines is 1. The average molecular weight is 293 g/mol. The van der Waals surface area contributed by atoms with Gasteiger partial charge in [-0.2, -0.15) is 0 Å². The Kier molecular flexibility index (Phi) is 5.69. The molecule has 1 amide bonds. The van der Waals surface area contributed by atoms with Crippen LogP contribution in [0.3, 0.4) is 0 Å². The number of pyridine rings is 1. The van der Waals surface area contributed by atoms with Gasteiger partial charge in [-0.05, 0) is 25.0 Å². The number of nitrogens with one attached hydrogen (secondary N) is 1. The highest BCUT2D eigenvalue weighted by atomic mass is 16.4. The zero-order valence-corrected chi connectivity index (χ0v) is 12.8. The summed E-state index contributed by atoms with van der Waals surface area (Å²) in [4.78, 5) is 26.3. The van der Waals surface area contributed by atoms with Crippen molar-refractivity contribution in [1.82, 2.24) is 4.98 Å². The molecule has 0 saturated carbocycles.